The average molecular weight is 313 g/mol. The van der Waals surface area contributed by atoms with E-state index in [-0.39, 0.29) is 5.25 Å². The van der Waals surface area contributed by atoms with Crippen molar-refractivity contribution in [2.24, 2.45) is 0 Å². The molecule has 1 aromatic carbocycles. The molecule has 0 bridgehead atoms. The van der Waals surface area contributed by atoms with Crippen LogP contribution in [0.5, 0.6) is 0 Å². The summed E-state index contributed by atoms with van der Waals surface area (Å²) >= 11 is 1.78. The first-order valence-electron chi connectivity index (χ1n) is 7.30. The smallest absolute Gasteiger partial charge is 0.240 e. The molecule has 0 N–H and O–H groups in total. The highest BCUT2D eigenvalue weighted by atomic mass is 32.2. The summed E-state index contributed by atoms with van der Waals surface area (Å²) in [5.74, 6) is 1.97. The quantitative estimate of drug-likeness (QED) is 0.728. The maximum absolute atomic E-state index is 5.51. The van der Waals surface area contributed by atoms with Gasteiger partial charge in [-0.2, -0.15) is 4.98 Å². The lowest BCUT2D eigenvalue weighted by atomic mass is 10.1. The average Bonchev–Trinajstić information content (AvgIpc) is 3.23. The van der Waals surface area contributed by atoms with Crippen molar-refractivity contribution in [3.8, 4) is 11.4 Å². The highest BCUT2D eigenvalue weighted by molar-refractivity contribution is 7.99. The van der Waals surface area contributed by atoms with E-state index in [9.17, 15) is 0 Å². The van der Waals surface area contributed by atoms with Gasteiger partial charge in [-0.3, -0.25) is 0 Å². The number of hydrogen-bond donors (Lipinski definition) is 0. The zero-order chi connectivity index (χ0) is 15.1. The Bertz CT molecular complexity index is 799. The van der Waals surface area contributed by atoms with Crippen molar-refractivity contribution in [1.29, 1.82) is 0 Å². The Labute approximate surface area is 132 Å². The maximum atomic E-state index is 5.51. The summed E-state index contributed by atoms with van der Waals surface area (Å²) in [6.45, 7) is 3.91. The molecule has 112 valence electrons. The molecule has 6 heteroatoms. The molecule has 0 fully saturated rings. The molecular weight excluding hydrogens is 298 g/mol. The molecule has 0 saturated carbocycles. The van der Waals surface area contributed by atoms with Gasteiger partial charge < -0.3 is 9.05 Å². The lowest BCUT2D eigenvalue weighted by molar-refractivity contribution is 0.377. The fourth-order valence-corrected chi connectivity index (χ4v) is 3.96. The highest BCUT2D eigenvalue weighted by Crippen LogP contribution is 2.46. The van der Waals surface area contributed by atoms with E-state index in [0.29, 0.717) is 11.7 Å². The van der Waals surface area contributed by atoms with Gasteiger partial charge in [0.1, 0.15) is 5.76 Å². The van der Waals surface area contributed by atoms with Crippen molar-refractivity contribution >= 4 is 11.8 Å². The number of aromatic nitrogens is 3. The van der Waals surface area contributed by atoms with Crippen LogP contribution in [0.3, 0.4) is 0 Å². The second-order valence-electron chi connectivity index (χ2n) is 5.29. The van der Waals surface area contributed by atoms with Gasteiger partial charge in [-0.15, -0.1) is 11.8 Å². The van der Waals surface area contributed by atoms with Gasteiger partial charge in [-0.1, -0.05) is 35.4 Å². The number of rotatable bonds is 3. The number of hydrogen-bond acceptors (Lipinski definition) is 6. The topological polar surface area (TPSA) is 65.0 Å². The van der Waals surface area contributed by atoms with Crippen molar-refractivity contribution in [3.63, 3.8) is 0 Å². The maximum Gasteiger partial charge on any atom is 0.240 e. The second-order valence-corrected chi connectivity index (χ2v) is 6.53. The molecule has 1 aliphatic rings. The Balaban J connectivity index is 1.65. The van der Waals surface area contributed by atoms with Crippen LogP contribution in [0, 0.1) is 6.92 Å². The van der Waals surface area contributed by atoms with Crippen LogP contribution in [0.15, 0.2) is 38.2 Å². The summed E-state index contributed by atoms with van der Waals surface area (Å²) in [6, 6.07) is 8.41. The molecule has 22 heavy (non-hydrogen) atoms. The summed E-state index contributed by atoms with van der Waals surface area (Å²) in [7, 11) is 0. The SMILES string of the molecule is CCc1noc(C)c1-c1noc(C2Cc3ccccc3S2)n1. The zero-order valence-electron chi connectivity index (χ0n) is 12.4. The number of fused-ring (bicyclic) bond motifs is 1. The van der Waals surface area contributed by atoms with Crippen LogP contribution in [0.2, 0.25) is 0 Å². The minimum Gasteiger partial charge on any atom is -0.361 e. The summed E-state index contributed by atoms with van der Waals surface area (Å²) < 4.78 is 10.8. The van der Waals surface area contributed by atoms with Crippen LogP contribution in [0.4, 0.5) is 0 Å². The van der Waals surface area contributed by atoms with E-state index in [0.717, 1.165) is 29.9 Å². The molecule has 0 spiro atoms. The third kappa shape index (κ3) is 2.14. The second kappa shape index (κ2) is 5.28. The largest absolute Gasteiger partial charge is 0.361 e. The molecule has 0 saturated heterocycles. The molecule has 1 atom stereocenters. The first-order valence-corrected chi connectivity index (χ1v) is 8.18. The summed E-state index contributed by atoms with van der Waals surface area (Å²) in [5.41, 5.74) is 3.07. The predicted molar refractivity (Wildman–Crippen MR) is 82.7 cm³/mol. The number of nitrogens with zero attached hydrogens (tertiary/aromatic N) is 3. The molecule has 0 aliphatic carbocycles. The Morgan fingerprint density at radius 2 is 2.09 bits per heavy atom. The first-order chi connectivity index (χ1) is 10.8. The van der Waals surface area contributed by atoms with E-state index in [2.05, 4.69) is 39.6 Å². The molecule has 3 aromatic rings. The summed E-state index contributed by atoms with van der Waals surface area (Å²) in [6.07, 6.45) is 1.70. The van der Waals surface area contributed by atoms with Gasteiger partial charge in [0.05, 0.1) is 16.5 Å². The Morgan fingerprint density at radius 3 is 2.91 bits per heavy atom. The Hall–Kier alpha value is -2.08. The van der Waals surface area contributed by atoms with Crippen LogP contribution in [-0.2, 0) is 12.8 Å². The van der Waals surface area contributed by atoms with Gasteiger partial charge in [0.25, 0.3) is 0 Å². The fourth-order valence-electron chi connectivity index (χ4n) is 2.73. The molecule has 5 nitrogen and oxygen atoms in total. The minimum atomic E-state index is 0.184. The van der Waals surface area contributed by atoms with E-state index in [4.69, 9.17) is 9.05 Å². The third-order valence-corrected chi connectivity index (χ3v) is 5.16. The summed E-state index contributed by atoms with van der Waals surface area (Å²) in [4.78, 5) is 5.88. The van der Waals surface area contributed by atoms with Crippen molar-refractivity contribution in [2.75, 3.05) is 0 Å². The van der Waals surface area contributed by atoms with Crippen LogP contribution in [0.1, 0.15) is 35.1 Å². The third-order valence-electron chi connectivity index (χ3n) is 3.86. The molecule has 3 heterocycles. The minimum absolute atomic E-state index is 0.184. The van der Waals surface area contributed by atoms with Crippen LogP contribution >= 0.6 is 11.8 Å². The van der Waals surface area contributed by atoms with Gasteiger partial charge in [0, 0.05) is 4.90 Å². The predicted octanol–water partition coefficient (Wildman–Crippen LogP) is 3.98. The van der Waals surface area contributed by atoms with E-state index in [1.165, 1.54) is 10.5 Å². The van der Waals surface area contributed by atoms with Crippen molar-refractivity contribution in [1.82, 2.24) is 15.3 Å². The van der Waals surface area contributed by atoms with Gasteiger partial charge >= 0.3 is 0 Å². The van der Waals surface area contributed by atoms with Gasteiger partial charge in [0.2, 0.25) is 11.7 Å². The lowest BCUT2D eigenvalue weighted by Crippen LogP contribution is -1.93. The molecule has 1 unspecified atom stereocenters. The normalized spacial score (nSPS) is 16.9. The highest BCUT2D eigenvalue weighted by Gasteiger charge is 2.29. The first kappa shape index (κ1) is 13.6. The van der Waals surface area contributed by atoms with E-state index < -0.39 is 0 Å². The van der Waals surface area contributed by atoms with Crippen LogP contribution in [-0.4, -0.2) is 15.3 Å². The molecular formula is C16H15N3O2S. The fraction of sp³-hybridized carbons (Fsp3) is 0.312. The Kier molecular flexibility index (Phi) is 3.26. The van der Waals surface area contributed by atoms with Gasteiger partial charge in [-0.05, 0) is 31.4 Å². The number of benzene rings is 1. The monoisotopic (exact) mass is 313 g/mol. The van der Waals surface area contributed by atoms with E-state index in [1.54, 1.807) is 11.8 Å². The molecule has 0 radical (unpaired) electrons. The van der Waals surface area contributed by atoms with Crippen molar-refractivity contribution in [2.45, 2.75) is 36.8 Å². The van der Waals surface area contributed by atoms with Crippen molar-refractivity contribution < 1.29 is 9.05 Å². The number of thioether (sulfide) groups is 1. The lowest BCUT2D eigenvalue weighted by Gasteiger charge is -1.99. The van der Waals surface area contributed by atoms with Crippen molar-refractivity contribution in [3.05, 3.63) is 47.2 Å². The summed E-state index contributed by atoms with van der Waals surface area (Å²) in [5, 5.41) is 8.37. The molecule has 1 aliphatic heterocycles. The molecule has 0 amide bonds. The van der Waals surface area contributed by atoms with E-state index in [1.807, 2.05) is 13.8 Å². The van der Waals surface area contributed by atoms with E-state index >= 15 is 0 Å². The molecule has 2 aromatic heterocycles. The molecule has 4 rings (SSSR count). The Morgan fingerprint density at radius 1 is 1.23 bits per heavy atom. The van der Waals surface area contributed by atoms with Gasteiger partial charge in [-0.25, -0.2) is 0 Å². The number of aryl methyl sites for hydroxylation is 2. The van der Waals surface area contributed by atoms with Crippen LogP contribution < -0.4 is 0 Å². The standard InChI is InChI=1S/C16H15N3O2S/c1-3-11-14(9(2)20-18-11)15-17-16(21-19-15)13-8-10-6-4-5-7-12(10)22-13/h4-7,13H,3,8H2,1-2H3. The van der Waals surface area contributed by atoms with Gasteiger partial charge in [0.15, 0.2) is 0 Å². The van der Waals surface area contributed by atoms with Crippen LogP contribution in [0.25, 0.3) is 11.4 Å². The zero-order valence-corrected chi connectivity index (χ0v) is 13.2.